The van der Waals surface area contributed by atoms with Gasteiger partial charge in [0, 0.05) is 32.0 Å². The number of rotatable bonds is 13. The maximum atomic E-state index is 14.1. The third kappa shape index (κ3) is 9.17. The van der Waals surface area contributed by atoms with Crippen molar-refractivity contribution in [1.82, 2.24) is 10.2 Å². The third-order valence-corrected chi connectivity index (χ3v) is 9.42. The Kier molecular flexibility index (Phi) is 11.0. The van der Waals surface area contributed by atoms with E-state index in [1.54, 1.807) is 4.90 Å². The van der Waals surface area contributed by atoms with Crippen molar-refractivity contribution in [2.45, 2.75) is 84.3 Å². The van der Waals surface area contributed by atoms with E-state index in [-0.39, 0.29) is 30.8 Å². The van der Waals surface area contributed by atoms with Crippen LogP contribution < -0.4 is 9.62 Å². The maximum absolute atomic E-state index is 14.1. The second-order valence-electron chi connectivity index (χ2n) is 11.9. The summed E-state index contributed by atoms with van der Waals surface area (Å²) in [7, 11) is -3.56. The van der Waals surface area contributed by atoms with Gasteiger partial charge in [0.2, 0.25) is 21.8 Å². The fourth-order valence-corrected chi connectivity index (χ4v) is 6.94. The molecule has 7 nitrogen and oxygen atoms in total. The molecule has 4 rings (SSSR count). The van der Waals surface area contributed by atoms with Crippen LogP contribution in [-0.2, 0) is 32.6 Å². The Bertz CT molecular complexity index is 1480. The molecule has 1 aliphatic carbocycles. The van der Waals surface area contributed by atoms with Crippen molar-refractivity contribution >= 4 is 27.5 Å². The van der Waals surface area contributed by atoms with Gasteiger partial charge in [0.25, 0.3) is 0 Å². The average Bonchev–Trinajstić information content (AvgIpc) is 3.46. The molecule has 1 aliphatic rings. The van der Waals surface area contributed by atoms with E-state index in [0.717, 1.165) is 53.5 Å². The Morgan fingerprint density at radius 3 is 2.16 bits per heavy atom. The zero-order valence-corrected chi connectivity index (χ0v) is 26.7. The van der Waals surface area contributed by atoms with Crippen molar-refractivity contribution in [3.63, 3.8) is 0 Å². The Labute approximate surface area is 257 Å². The zero-order chi connectivity index (χ0) is 31.0. The van der Waals surface area contributed by atoms with Gasteiger partial charge in [-0.1, -0.05) is 73.5 Å². The Morgan fingerprint density at radius 2 is 1.53 bits per heavy atom. The molecular formula is C35H45N3O4S. The highest BCUT2D eigenvalue weighted by Crippen LogP contribution is 2.24. The number of nitrogens with zero attached hydrogens (tertiary/aromatic N) is 2. The fourth-order valence-electron chi connectivity index (χ4n) is 5.99. The fraction of sp³-hybridized carbons (Fsp3) is 0.429. The maximum Gasteiger partial charge on any atom is 0.243 e. The van der Waals surface area contributed by atoms with Crippen molar-refractivity contribution in [3.05, 3.63) is 101 Å². The molecule has 8 heteroatoms. The van der Waals surface area contributed by atoms with Crippen molar-refractivity contribution in [1.29, 1.82) is 0 Å². The van der Waals surface area contributed by atoms with Gasteiger partial charge in [-0.3, -0.25) is 13.9 Å². The van der Waals surface area contributed by atoms with Crippen LogP contribution in [0.25, 0.3) is 0 Å². The summed E-state index contributed by atoms with van der Waals surface area (Å²) in [6.07, 6.45) is 6.13. The van der Waals surface area contributed by atoms with Crippen LogP contribution in [0.4, 0.5) is 5.69 Å². The molecule has 1 atom stereocenters. The highest BCUT2D eigenvalue weighted by molar-refractivity contribution is 7.92. The number of hydrogen-bond acceptors (Lipinski definition) is 4. The van der Waals surface area contributed by atoms with E-state index in [9.17, 15) is 18.0 Å². The summed E-state index contributed by atoms with van der Waals surface area (Å²) in [6, 6.07) is 22.9. The first kappa shape index (κ1) is 32.3. The van der Waals surface area contributed by atoms with Crippen LogP contribution in [0.3, 0.4) is 0 Å². The molecule has 0 radical (unpaired) electrons. The number of hydrogen-bond donors (Lipinski definition) is 1. The van der Waals surface area contributed by atoms with E-state index in [4.69, 9.17) is 0 Å². The van der Waals surface area contributed by atoms with Crippen molar-refractivity contribution < 1.29 is 18.0 Å². The highest BCUT2D eigenvalue weighted by atomic mass is 32.2. The molecule has 0 spiro atoms. The molecule has 3 aromatic rings. The number of amides is 2. The lowest BCUT2D eigenvalue weighted by Crippen LogP contribution is -2.52. The number of aryl methyl sites for hydroxylation is 3. The molecule has 1 N–H and O–H groups in total. The lowest BCUT2D eigenvalue weighted by molar-refractivity contribution is -0.141. The topological polar surface area (TPSA) is 86.8 Å². The van der Waals surface area contributed by atoms with E-state index in [1.807, 2.05) is 93.6 Å². The Balaban J connectivity index is 1.60. The summed E-state index contributed by atoms with van der Waals surface area (Å²) < 4.78 is 26.9. The normalized spacial score (nSPS) is 14.3. The number of anilines is 1. The van der Waals surface area contributed by atoms with Gasteiger partial charge in [-0.05, 0) is 80.0 Å². The third-order valence-electron chi connectivity index (χ3n) is 8.22. The van der Waals surface area contributed by atoms with Crippen molar-refractivity contribution in [3.8, 4) is 0 Å². The van der Waals surface area contributed by atoms with Gasteiger partial charge in [-0.15, -0.1) is 0 Å². The van der Waals surface area contributed by atoms with E-state index in [0.29, 0.717) is 25.1 Å². The number of benzene rings is 3. The lowest BCUT2D eigenvalue weighted by Gasteiger charge is -2.33. The molecule has 1 fully saturated rings. The van der Waals surface area contributed by atoms with E-state index in [2.05, 4.69) is 5.32 Å². The first-order valence-electron chi connectivity index (χ1n) is 15.3. The van der Waals surface area contributed by atoms with Crippen molar-refractivity contribution in [2.75, 3.05) is 17.1 Å². The summed E-state index contributed by atoms with van der Waals surface area (Å²) in [5.41, 5.74) is 5.56. The summed E-state index contributed by atoms with van der Waals surface area (Å²) in [5.74, 6) is -0.301. The quantitative estimate of drug-likeness (QED) is 0.265. The standard InChI is InChI=1S/C35H45N3O4S/c1-26-21-27(2)23-32(22-26)38(43(4,41)42)20-12-19-34(39)37(25-30-16-9-8-13-28(30)3)33(24-29-14-6-5-7-15-29)35(40)36-31-17-10-11-18-31/h5-9,13-16,21-23,31,33H,10-12,17-20,24-25H2,1-4H3,(H,36,40). The predicted molar refractivity (Wildman–Crippen MR) is 173 cm³/mol. The minimum Gasteiger partial charge on any atom is -0.352 e. The predicted octanol–water partition coefficient (Wildman–Crippen LogP) is 5.86. The van der Waals surface area contributed by atoms with Gasteiger partial charge >= 0.3 is 0 Å². The van der Waals surface area contributed by atoms with E-state index >= 15 is 0 Å². The molecule has 0 bridgehead atoms. The number of carbonyl (C=O) groups excluding carboxylic acids is 2. The molecule has 0 aliphatic heterocycles. The minimum atomic E-state index is -3.56. The minimum absolute atomic E-state index is 0.116. The summed E-state index contributed by atoms with van der Waals surface area (Å²) in [4.78, 5) is 29.7. The Hall–Kier alpha value is -3.65. The Morgan fingerprint density at radius 1 is 0.907 bits per heavy atom. The highest BCUT2D eigenvalue weighted by Gasteiger charge is 2.32. The largest absolute Gasteiger partial charge is 0.352 e. The molecule has 0 heterocycles. The van der Waals surface area contributed by atoms with Gasteiger partial charge in [-0.2, -0.15) is 0 Å². The molecule has 3 aromatic carbocycles. The van der Waals surface area contributed by atoms with Gasteiger partial charge in [0.1, 0.15) is 6.04 Å². The SMILES string of the molecule is Cc1cc(C)cc(N(CCCC(=O)N(Cc2ccccc2C)C(Cc2ccccc2)C(=O)NC2CCCC2)S(C)(=O)=O)c1. The number of nitrogens with one attached hydrogen (secondary N) is 1. The average molecular weight is 604 g/mol. The second kappa shape index (κ2) is 14.7. The van der Waals surface area contributed by atoms with Gasteiger partial charge < -0.3 is 10.2 Å². The van der Waals surface area contributed by atoms with Crippen LogP contribution in [0.5, 0.6) is 0 Å². The molecule has 1 unspecified atom stereocenters. The zero-order valence-electron chi connectivity index (χ0n) is 25.9. The molecule has 1 saturated carbocycles. The van der Waals surface area contributed by atoms with Gasteiger partial charge in [0.05, 0.1) is 11.9 Å². The number of carbonyl (C=O) groups is 2. The summed E-state index contributed by atoms with van der Waals surface area (Å²) in [5, 5.41) is 3.24. The first-order valence-corrected chi connectivity index (χ1v) is 17.1. The van der Waals surface area contributed by atoms with Crippen LogP contribution in [-0.4, -0.2) is 50.0 Å². The first-order chi connectivity index (χ1) is 20.5. The van der Waals surface area contributed by atoms with E-state index in [1.165, 1.54) is 10.6 Å². The molecular weight excluding hydrogens is 558 g/mol. The van der Waals surface area contributed by atoms with Crippen LogP contribution in [0.2, 0.25) is 0 Å². The van der Waals surface area contributed by atoms with Crippen LogP contribution >= 0.6 is 0 Å². The summed E-state index contributed by atoms with van der Waals surface area (Å²) >= 11 is 0. The van der Waals surface area contributed by atoms with Crippen LogP contribution in [0.15, 0.2) is 72.8 Å². The smallest absolute Gasteiger partial charge is 0.243 e. The molecule has 0 aromatic heterocycles. The molecule has 43 heavy (non-hydrogen) atoms. The van der Waals surface area contributed by atoms with Crippen LogP contribution in [0.1, 0.15) is 66.3 Å². The van der Waals surface area contributed by atoms with Crippen LogP contribution in [0, 0.1) is 20.8 Å². The second-order valence-corrected chi connectivity index (χ2v) is 13.8. The monoisotopic (exact) mass is 603 g/mol. The number of sulfonamides is 1. The lowest BCUT2D eigenvalue weighted by atomic mass is 10.0. The van der Waals surface area contributed by atoms with Crippen molar-refractivity contribution in [2.24, 2.45) is 0 Å². The summed E-state index contributed by atoms with van der Waals surface area (Å²) in [6.45, 7) is 6.36. The van der Waals surface area contributed by atoms with Gasteiger partial charge in [0.15, 0.2) is 0 Å². The molecule has 2 amide bonds. The molecule has 230 valence electrons. The van der Waals surface area contributed by atoms with Gasteiger partial charge in [-0.25, -0.2) is 8.42 Å². The molecule has 0 saturated heterocycles. The van der Waals surface area contributed by atoms with E-state index < -0.39 is 16.1 Å².